The van der Waals surface area contributed by atoms with Gasteiger partial charge in [-0.1, -0.05) is 0 Å². The Hall–Kier alpha value is -2.02. The summed E-state index contributed by atoms with van der Waals surface area (Å²) in [4.78, 5) is 8.00. The number of halogens is 1. The minimum atomic E-state index is -0.131. The van der Waals surface area contributed by atoms with E-state index in [0.29, 0.717) is 11.6 Å². The van der Waals surface area contributed by atoms with Crippen molar-refractivity contribution in [2.24, 2.45) is 27.3 Å². The topological polar surface area (TPSA) is 128 Å². The summed E-state index contributed by atoms with van der Waals surface area (Å²) in [7, 11) is 0. The molecule has 0 amide bonds. The molecule has 86 valence electrons. The first-order valence-corrected chi connectivity index (χ1v) is 4.85. The minimum Gasteiger partial charge on any atom is -0.369 e. The molecule has 0 saturated carbocycles. The number of rotatable bonds is 3. The molecule has 0 aliphatic carbocycles. The summed E-state index contributed by atoms with van der Waals surface area (Å²) < 4.78 is 0. The third-order valence-electron chi connectivity index (χ3n) is 1.50. The second-order valence-electron chi connectivity index (χ2n) is 2.79. The highest BCUT2D eigenvalue weighted by molar-refractivity contribution is 6.16. The van der Waals surface area contributed by atoms with Gasteiger partial charge in [0.05, 0.1) is 23.5 Å². The highest BCUT2D eigenvalue weighted by Crippen LogP contribution is 2.10. The zero-order chi connectivity index (χ0) is 12.0. The monoisotopic (exact) mass is 241 g/mol. The molecular weight excluding hydrogens is 230 g/mol. The van der Waals surface area contributed by atoms with Crippen molar-refractivity contribution in [2.75, 3.05) is 0 Å². The molecule has 1 aromatic rings. The van der Waals surface area contributed by atoms with Crippen molar-refractivity contribution in [2.45, 2.75) is 5.88 Å². The number of hydrogen-bond donors (Lipinski definition) is 4. The fraction of sp³-hybridized carbons (Fsp3) is 0.125. The van der Waals surface area contributed by atoms with E-state index in [4.69, 9.17) is 28.8 Å². The first kappa shape index (κ1) is 12.1. The van der Waals surface area contributed by atoms with Crippen LogP contribution in [0.1, 0.15) is 5.69 Å². The van der Waals surface area contributed by atoms with Crippen LogP contribution >= 0.6 is 11.6 Å². The van der Waals surface area contributed by atoms with E-state index in [2.05, 4.69) is 20.5 Å². The van der Waals surface area contributed by atoms with Gasteiger partial charge < -0.3 is 17.2 Å². The SMILES string of the molecule is NC(N)=NNC(N)=Nc1ccc(CCl)nc1. The molecular formula is C8H12ClN7. The molecule has 8 heteroatoms. The highest BCUT2D eigenvalue weighted by Gasteiger charge is 1.95. The van der Waals surface area contributed by atoms with Crippen molar-refractivity contribution in [1.29, 1.82) is 0 Å². The zero-order valence-corrected chi connectivity index (χ0v) is 9.15. The summed E-state index contributed by atoms with van der Waals surface area (Å²) in [6.07, 6.45) is 1.54. The number of alkyl halides is 1. The van der Waals surface area contributed by atoms with Gasteiger partial charge in [0.15, 0.2) is 0 Å². The number of guanidine groups is 2. The Kier molecular flexibility index (Phi) is 4.34. The van der Waals surface area contributed by atoms with Crippen molar-refractivity contribution in [3.05, 3.63) is 24.0 Å². The number of nitrogens with two attached hydrogens (primary N) is 3. The lowest BCUT2D eigenvalue weighted by atomic mass is 10.3. The molecule has 16 heavy (non-hydrogen) atoms. The molecule has 0 radical (unpaired) electrons. The van der Waals surface area contributed by atoms with Gasteiger partial charge in [-0.3, -0.25) is 4.98 Å². The molecule has 1 aromatic heterocycles. The Morgan fingerprint density at radius 2 is 2.12 bits per heavy atom. The van der Waals surface area contributed by atoms with Crippen molar-refractivity contribution in [3.8, 4) is 0 Å². The lowest BCUT2D eigenvalue weighted by Crippen LogP contribution is -2.32. The first-order valence-electron chi connectivity index (χ1n) is 4.31. The highest BCUT2D eigenvalue weighted by atomic mass is 35.5. The summed E-state index contributed by atoms with van der Waals surface area (Å²) in [5, 5.41) is 3.48. The molecule has 0 aliphatic heterocycles. The van der Waals surface area contributed by atoms with Crippen LogP contribution < -0.4 is 22.6 Å². The van der Waals surface area contributed by atoms with Gasteiger partial charge in [-0.05, 0) is 12.1 Å². The predicted molar refractivity (Wildman–Crippen MR) is 64.0 cm³/mol. The summed E-state index contributed by atoms with van der Waals surface area (Å²) in [6, 6.07) is 3.48. The maximum absolute atomic E-state index is 5.59. The third kappa shape index (κ3) is 4.01. The van der Waals surface area contributed by atoms with Gasteiger partial charge in [0.1, 0.15) is 0 Å². The normalized spacial score (nSPS) is 10.9. The van der Waals surface area contributed by atoms with Crippen LogP contribution in [-0.2, 0) is 5.88 Å². The lowest BCUT2D eigenvalue weighted by Gasteiger charge is -2.00. The smallest absolute Gasteiger partial charge is 0.214 e. The van der Waals surface area contributed by atoms with Crippen molar-refractivity contribution in [1.82, 2.24) is 10.4 Å². The third-order valence-corrected chi connectivity index (χ3v) is 1.77. The van der Waals surface area contributed by atoms with E-state index in [9.17, 15) is 0 Å². The van der Waals surface area contributed by atoms with E-state index in [1.54, 1.807) is 18.3 Å². The average molecular weight is 242 g/mol. The molecule has 0 atom stereocenters. The van der Waals surface area contributed by atoms with Crippen LogP contribution in [0.25, 0.3) is 0 Å². The Morgan fingerprint density at radius 3 is 2.62 bits per heavy atom. The number of nitrogens with zero attached hydrogens (tertiary/aromatic N) is 3. The average Bonchev–Trinajstić information content (AvgIpc) is 2.27. The molecule has 7 N–H and O–H groups in total. The number of pyridine rings is 1. The number of aliphatic imine (C=N–C) groups is 1. The standard InChI is InChI=1S/C8H12ClN7/c9-3-5-1-2-6(4-13-5)14-8(12)16-15-7(10)11/h1-2,4H,3H2,(H4,10,11,15)(H3,12,14,16). The molecule has 0 saturated heterocycles. The van der Waals surface area contributed by atoms with Gasteiger partial charge in [0, 0.05) is 0 Å². The summed E-state index contributed by atoms with van der Waals surface area (Å²) >= 11 is 5.59. The quantitative estimate of drug-likeness (QED) is 0.247. The fourth-order valence-corrected chi connectivity index (χ4v) is 1.01. The van der Waals surface area contributed by atoms with Crippen LogP contribution in [0.5, 0.6) is 0 Å². The van der Waals surface area contributed by atoms with Crippen LogP contribution in [-0.4, -0.2) is 16.9 Å². The molecule has 0 spiro atoms. The summed E-state index contributed by atoms with van der Waals surface area (Å²) in [5.74, 6) is 0.286. The zero-order valence-electron chi connectivity index (χ0n) is 8.39. The van der Waals surface area contributed by atoms with Crippen LogP contribution in [0.15, 0.2) is 28.4 Å². The van der Waals surface area contributed by atoms with E-state index in [1.165, 1.54) is 0 Å². The molecule has 1 rings (SSSR count). The minimum absolute atomic E-state index is 0.0637. The Bertz CT molecular complexity index is 393. The maximum Gasteiger partial charge on any atom is 0.214 e. The van der Waals surface area contributed by atoms with Gasteiger partial charge in [0.25, 0.3) is 0 Å². The fourth-order valence-electron chi connectivity index (χ4n) is 0.848. The van der Waals surface area contributed by atoms with Crippen molar-refractivity contribution >= 4 is 29.2 Å². The van der Waals surface area contributed by atoms with E-state index >= 15 is 0 Å². The van der Waals surface area contributed by atoms with E-state index in [1.807, 2.05) is 0 Å². The second-order valence-corrected chi connectivity index (χ2v) is 3.05. The van der Waals surface area contributed by atoms with E-state index in [0.717, 1.165) is 5.69 Å². The lowest BCUT2D eigenvalue weighted by molar-refractivity contribution is 0.993. The van der Waals surface area contributed by atoms with Crippen LogP contribution in [0.3, 0.4) is 0 Å². The van der Waals surface area contributed by atoms with Gasteiger partial charge in [-0.2, -0.15) is 0 Å². The Morgan fingerprint density at radius 1 is 1.38 bits per heavy atom. The molecule has 0 fully saturated rings. The summed E-state index contributed by atoms with van der Waals surface area (Å²) in [5.41, 5.74) is 19.4. The molecule has 0 aromatic carbocycles. The Labute approximate surface area is 97.4 Å². The maximum atomic E-state index is 5.59. The van der Waals surface area contributed by atoms with E-state index < -0.39 is 0 Å². The number of nitrogens with one attached hydrogen (secondary N) is 1. The van der Waals surface area contributed by atoms with Gasteiger partial charge in [0.2, 0.25) is 11.9 Å². The van der Waals surface area contributed by atoms with Gasteiger partial charge in [-0.15, -0.1) is 16.7 Å². The second kappa shape index (κ2) is 5.76. The van der Waals surface area contributed by atoms with Crippen LogP contribution in [0, 0.1) is 0 Å². The van der Waals surface area contributed by atoms with Gasteiger partial charge >= 0.3 is 0 Å². The summed E-state index contributed by atoms with van der Waals surface area (Å²) in [6.45, 7) is 0. The first-order chi connectivity index (χ1) is 7.61. The van der Waals surface area contributed by atoms with Crippen LogP contribution in [0.4, 0.5) is 5.69 Å². The predicted octanol–water partition coefficient (Wildman–Crippen LogP) is -0.455. The van der Waals surface area contributed by atoms with E-state index in [-0.39, 0.29) is 11.9 Å². The molecule has 7 nitrogen and oxygen atoms in total. The molecule has 0 bridgehead atoms. The number of hydrogen-bond acceptors (Lipinski definition) is 3. The number of aromatic nitrogens is 1. The van der Waals surface area contributed by atoms with Crippen LogP contribution in [0.2, 0.25) is 0 Å². The molecule has 0 unspecified atom stereocenters. The van der Waals surface area contributed by atoms with Crippen molar-refractivity contribution < 1.29 is 0 Å². The molecule has 0 aliphatic rings. The number of hydrazone groups is 1. The molecule has 1 heterocycles. The largest absolute Gasteiger partial charge is 0.369 e. The Balaban J connectivity index is 2.70. The van der Waals surface area contributed by atoms with Gasteiger partial charge in [-0.25, -0.2) is 10.4 Å². The van der Waals surface area contributed by atoms with Crippen molar-refractivity contribution in [3.63, 3.8) is 0 Å².